The Labute approximate surface area is 89.8 Å². The van der Waals surface area contributed by atoms with Crippen LogP contribution < -0.4 is 11.1 Å². The van der Waals surface area contributed by atoms with Gasteiger partial charge in [0.1, 0.15) is 5.76 Å². The predicted molar refractivity (Wildman–Crippen MR) is 58.7 cm³/mol. The number of nitrogens with one attached hydrogen (secondary N) is 1. The molecule has 4 nitrogen and oxygen atoms in total. The Morgan fingerprint density at radius 2 is 2.33 bits per heavy atom. The van der Waals surface area contributed by atoms with Crippen LogP contribution in [0.15, 0.2) is 16.5 Å². The summed E-state index contributed by atoms with van der Waals surface area (Å²) in [4.78, 5) is 11.7. The van der Waals surface area contributed by atoms with Gasteiger partial charge in [0.15, 0.2) is 5.76 Å². The van der Waals surface area contributed by atoms with E-state index in [1.165, 1.54) is 0 Å². The number of amides is 1. The lowest BCUT2D eigenvalue weighted by Gasteiger charge is -2.14. The summed E-state index contributed by atoms with van der Waals surface area (Å²) in [5.74, 6) is 0.943. The molecule has 0 aliphatic rings. The number of nitrogens with two attached hydrogens (primary N) is 1. The molecule has 0 saturated carbocycles. The summed E-state index contributed by atoms with van der Waals surface area (Å²) >= 11 is 0. The van der Waals surface area contributed by atoms with Crippen molar-refractivity contribution in [1.82, 2.24) is 5.32 Å². The summed E-state index contributed by atoms with van der Waals surface area (Å²) in [7, 11) is 0. The van der Waals surface area contributed by atoms with Gasteiger partial charge in [-0.15, -0.1) is 0 Å². The van der Waals surface area contributed by atoms with Crippen LogP contribution in [0.3, 0.4) is 0 Å². The molecule has 1 unspecified atom stereocenters. The van der Waals surface area contributed by atoms with Crippen molar-refractivity contribution in [1.29, 1.82) is 0 Å². The number of rotatable bonds is 5. The molecule has 3 N–H and O–H groups in total. The maximum Gasteiger partial charge on any atom is 0.287 e. The summed E-state index contributed by atoms with van der Waals surface area (Å²) in [6.07, 6.45) is 1.67. The Bertz CT molecular complexity index is 320. The van der Waals surface area contributed by atoms with Gasteiger partial charge in [-0.05, 0) is 38.4 Å². The second-order valence-corrected chi connectivity index (χ2v) is 3.57. The molecule has 0 fully saturated rings. The fourth-order valence-corrected chi connectivity index (χ4v) is 1.39. The van der Waals surface area contributed by atoms with Crippen molar-refractivity contribution in [3.63, 3.8) is 0 Å². The van der Waals surface area contributed by atoms with E-state index in [9.17, 15) is 4.79 Å². The molecule has 0 aliphatic heterocycles. The number of carbonyl (C=O) groups excluding carboxylic acids is 1. The van der Waals surface area contributed by atoms with Crippen LogP contribution in [0.5, 0.6) is 0 Å². The first-order chi connectivity index (χ1) is 7.17. The van der Waals surface area contributed by atoms with Crippen LogP contribution in [-0.2, 0) is 0 Å². The first-order valence-electron chi connectivity index (χ1n) is 5.24. The van der Waals surface area contributed by atoms with Gasteiger partial charge in [-0.3, -0.25) is 4.79 Å². The molecule has 0 aliphatic carbocycles. The zero-order valence-corrected chi connectivity index (χ0v) is 9.25. The van der Waals surface area contributed by atoms with Crippen molar-refractivity contribution in [3.8, 4) is 0 Å². The molecule has 1 aromatic heterocycles. The van der Waals surface area contributed by atoms with Gasteiger partial charge in [0, 0.05) is 6.04 Å². The van der Waals surface area contributed by atoms with E-state index in [2.05, 4.69) is 5.32 Å². The second-order valence-electron chi connectivity index (χ2n) is 3.57. The molecule has 15 heavy (non-hydrogen) atoms. The SMILES string of the molecule is CCC(CCN)NC(=O)c1ccc(C)o1. The quantitative estimate of drug-likeness (QED) is 0.772. The van der Waals surface area contributed by atoms with Crippen molar-refractivity contribution < 1.29 is 9.21 Å². The fraction of sp³-hybridized carbons (Fsp3) is 0.545. The predicted octanol–water partition coefficient (Wildman–Crippen LogP) is 1.45. The first-order valence-corrected chi connectivity index (χ1v) is 5.24. The van der Waals surface area contributed by atoms with Crippen LogP contribution in [0.2, 0.25) is 0 Å². The van der Waals surface area contributed by atoms with Crippen molar-refractivity contribution in [2.45, 2.75) is 32.7 Å². The number of carbonyl (C=O) groups is 1. The van der Waals surface area contributed by atoms with Gasteiger partial charge in [0.25, 0.3) is 5.91 Å². The molecule has 4 heteroatoms. The maximum absolute atomic E-state index is 11.7. The van der Waals surface area contributed by atoms with E-state index in [1.54, 1.807) is 12.1 Å². The highest BCUT2D eigenvalue weighted by Gasteiger charge is 2.13. The molecule has 0 spiro atoms. The highest BCUT2D eigenvalue weighted by Crippen LogP contribution is 2.07. The Balaban J connectivity index is 2.54. The minimum absolute atomic E-state index is 0.132. The second kappa shape index (κ2) is 5.56. The summed E-state index contributed by atoms with van der Waals surface area (Å²) < 4.78 is 5.23. The van der Waals surface area contributed by atoms with Gasteiger partial charge in [0.05, 0.1) is 0 Å². The zero-order valence-electron chi connectivity index (χ0n) is 9.25. The molecular formula is C11H18N2O2. The average Bonchev–Trinajstić information content (AvgIpc) is 2.64. The Morgan fingerprint density at radius 3 is 2.80 bits per heavy atom. The summed E-state index contributed by atoms with van der Waals surface area (Å²) in [6.45, 7) is 4.41. The highest BCUT2D eigenvalue weighted by atomic mass is 16.3. The Kier molecular flexibility index (Phi) is 4.37. The normalized spacial score (nSPS) is 12.5. The van der Waals surface area contributed by atoms with Gasteiger partial charge in [-0.2, -0.15) is 0 Å². The molecule has 0 saturated heterocycles. The molecule has 1 rings (SSSR count). The topological polar surface area (TPSA) is 68.3 Å². The van der Waals surface area contributed by atoms with Gasteiger partial charge in [-0.1, -0.05) is 6.92 Å². The number of furan rings is 1. The number of hydrogen-bond donors (Lipinski definition) is 2. The van der Waals surface area contributed by atoms with E-state index in [0.29, 0.717) is 12.3 Å². The smallest absolute Gasteiger partial charge is 0.287 e. The Morgan fingerprint density at radius 1 is 1.60 bits per heavy atom. The third kappa shape index (κ3) is 3.40. The van der Waals surface area contributed by atoms with Crippen molar-refractivity contribution in [2.24, 2.45) is 5.73 Å². The van der Waals surface area contributed by atoms with Gasteiger partial charge >= 0.3 is 0 Å². The zero-order chi connectivity index (χ0) is 11.3. The maximum atomic E-state index is 11.7. The molecular weight excluding hydrogens is 192 g/mol. The third-order valence-corrected chi connectivity index (χ3v) is 2.31. The minimum Gasteiger partial charge on any atom is -0.456 e. The molecule has 1 heterocycles. The summed E-state index contributed by atoms with van der Waals surface area (Å²) in [5.41, 5.74) is 5.45. The van der Waals surface area contributed by atoms with E-state index in [4.69, 9.17) is 10.2 Å². The summed E-state index contributed by atoms with van der Waals surface area (Å²) in [6, 6.07) is 3.59. The van der Waals surface area contributed by atoms with Gasteiger partial charge < -0.3 is 15.5 Å². The molecule has 1 atom stereocenters. The van der Waals surface area contributed by atoms with Crippen molar-refractivity contribution in [2.75, 3.05) is 6.54 Å². The van der Waals surface area contributed by atoms with E-state index < -0.39 is 0 Å². The van der Waals surface area contributed by atoms with Crippen LogP contribution in [0.1, 0.15) is 36.1 Å². The highest BCUT2D eigenvalue weighted by molar-refractivity contribution is 5.91. The average molecular weight is 210 g/mol. The van der Waals surface area contributed by atoms with E-state index in [-0.39, 0.29) is 11.9 Å². The minimum atomic E-state index is -0.164. The molecule has 0 radical (unpaired) electrons. The summed E-state index contributed by atoms with van der Waals surface area (Å²) in [5, 5.41) is 2.88. The standard InChI is InChI=1S/C11H18N2O2/c1-3-9(6-7-12)13-11(14)10-5-4-8(2)15-10/h4-5,9H,3,6-7,12H2,1-2H3,(H,13,14). The van der Waals surface area contributed by atoms with Crippen LogP contribution in [0.25, 0.3) is 0 Å². The van der Waals surface area contributed by atoms with Crippen LogP contribution in [-0.4, -0.2) is 18.5 Å². The van der Waals surface area contributed by atoms with Crippen molar-refractivity contribution >= 4 is 5.91 Å². The van der Waals surface area contributed by atoms with E-state index >= 15 is 0 Å². The third-order valence-electron chi connectivity index (χ3n) is 2.31. The Hall–Kier alpha value is -1.29. The fourth-order valence-electron chi connectivity index (χ4n) is 1.39. The molecule has 1 aromatic rings. The van der Waals surface area contributed by atoms with Crippen LogP contribution in [0, 0.1) is 6.92 Å². The number of hydrogen-bond acceptors (Lipinski definition) is 3. The van der Waals surface area contributed by atoms with Gasteiger partial charge in [0.2, 0.25) is 0 Å². The first kappa shape index (κ1) is 11.8. The molecule has 84 valence electrons. The lowest BCUT2D eigenvalue weighted by molar-refractivity contribution is 0.0905. The van der Waals surface area contributed by atoms with Crippen LogP contribution in [0.4, 0.5) is 0 Å². The monoisotopic (exact) mass is 210 g/mol. The largest absolute Gasteiger partial charge is 0.456 e. The van der Waals surface area contributed by atoms with Crippen molar-refractivity contribution in [3.05, 3.63) is 23.7 Å². The number of aryl methyl sites for hydroxylation is 1. The van der Waals surface area contributed by atoms with E-state index in [0.717, 1.165) is 18.6 Å². The molecule has 1 amide bonds. The van der Waals surface area contributed by atoms with E-state index in [1.807, 2.05) is 13.8 Å². The van der Waals surface area contributed by atoms with Gasteiger partial charge in [-0.25, -0.2) is 0 Å². The molecule has 0 aromatic carbocycles. The van der Waals surface area contributed by atoms with Crippen LogP contribution >= 0.6 is 0 Å². The lowest BCUT2D eigenvalue weighted by Crippen LogP contribution is -2.35. The lowest BCUT2D eigenvalue weighted by atomic mass is 10.1. The molecule has 0 bridgehead atoms.